The third kappa shape index (κ3) is 7.09. The summed E-state index contributed by atoms with van der Waals surface area (Å²) < 4.78 is 11.1. The maximum Gasteiger partial charge on any atom is 0.244 e. The fourth-order valence-corrected chi connectivity index (χ4v) is 2.64. The number of aliphatic hydroxyl groups excluding tert-OH is 1. The van der Waals surface area contributed by atoms with Gasteiger partial charge in [-0.15, -0.1) is 0 Å². The Bertz CT molecular complexity index is 506. The molecule has 1 rings (SSSR count). The predicted octanol–water partition coefficient (Wildman–Crippen LogP) is 2.49. The summed E-state index contributed by atoms with van der Waals surface area (Å²) in [4.78, 5) is 12.7. The highest BCUT2D eigenvalue weighted by Crippen LogP contribution is 2.27. The topological polar surface area (TPSA) is 79.8 Å². The predicted molar refractivity (Wildman–Crippen MR) is 104 cm³/mol. The number of carbonyl (C=O) groups excluding carboxylic acids is 1. The van der Waals surface area contributed by atoms with Gasteiger partial charge in [-0.3, -0.25) is 4.79 Å². The minimum Gasteiger partial charge on any atom is -0.497 e. The van der Waals surface area contributed by atoms with Crippen LogP contribution in [0.15, 0.2) is 24.1 Å². The van der Waals surface area contributed by atoms with Gasteiger partial charge in [-0.1, -0.05) is 27.4 Å². The molecule has 0 bridgehead atoms. The Morgan fingerprint density at radius 3 is 2.46 bits per heavy atom. The molecular weight excluding hydrogens is 332 g/mol. The Balaban J connectivity index is 2.73. The summed E-state index contributed by atoms with van der Waals surface area (Å²) in [6, 6.07) is 0.269. The third-order valence-electron chi connectivity index (χ3n) is 4.46. The lowest BCUT2D eigenvalue weighted by atomic mass is 9.91. The van der Waals surface area contributed by atoms with Gasteiger partial charge in [-0.2, -0.15) is 0 Å². The first-order chi connectivity index (χ1) is 12.1. The van der Waals surface area contributed by atoms with Crippen molar-refractivity contribution in [3.05, 3.63) is 24.1 Å². The molecule has 1 heterocycles. The standard InChI is InChI=1S/C20H36N2O4/c1-7-10-26-17(19(3,4)14-23)13-15(2)21-18(24)20(5,6)22-16-8-11-25-12-9-16/h13,16,22-23H,2,7-12,14H2,1,3-6H3,(H,21,24). The average molecular weight is 369 g/mol. The fraction of sp³-hybridized carbons (Fsp3) is 0.750. The Kier molecular flexibility index (Phi) is 8.80. The van der Waals surface area contributed by atoms with E-state index in [4.69, 9.17) is 9.47 Å². The monoisotopic (exact) mass is 368 g/mol. The van der Waals surface area contributed by atoms with E-state index in [1.807, 2.05) is 34.6 Å². The zero-order valence-electron chi connectivity index (χ0n) is 17.0. The summed E-state index contributed by atoms with van der Waals surface area (Å²) in [5.41, 5.74) is -0.821. The van der Waals surface area contributed by atoms with E-state index >= 15 is 0 Å². The van der Waals surface area contributed by atoms with Gasteiger partial charge in [0, 0.05) is 30.4 Å². The van der Waals surface area contributed by atoms with E-state index in [0.29, 0.717) is 18.1 Å². The van der Waals surface area contributed by atoms with Crippen LogP contribution in [0, 0.1) is 5.41 Å². The quantitative estimate of drug-likeness (QED) is 0.408. The Morgan fingerprint density at radius 2 is 1.92 bits per heavy atom. The van der Waals surface area contributed by atoms with E-state index < -0.39 is 11.0 Å². The molecule has 26 heavy (non-hydrogen) atoms. The lowest BCUT2D eigenvalue weighted by molar-refractivity contribution is -0.126. The molecule has 150 valence electrons. The van der Waals surface area contributed by atoms with Crippen LogP contribution in [-0.4, -0.2) is 49.0 Å². The zero-order valence-corrected chi connectivity index (χ0v) is 17.0. The Hall–Kier alpha value is -1.37. The molecule has 3 N–H and O–H groups in total. The van der Waals surface area contributed by atoms with Gasteiger partial charge in [0.05, 0.1) is 18.8 Å². The molecule has 0 unspecified atom stereocenters. The molecule has 0 radical (unpaired) electrons. The zero-order chi connectivity index (χ0) is 19.8. The molecule has 0 saturated carbocycles. The summed E-state index contributed by atoms with van der Waals surface area (Å²) in [6.45, 7) is 15.4. The van der Waals surface area contributed by atoms with Crippen molar-refractivity contribution in [1.29, 1.82) is 0 Å². The van der Waals surface area contributed by atoms with Crippen LogP contribution >= 0.6 is 0 Å². The third-order valence-corrected chi connectivity index (χ3v) is 4.46. The molecule has 0 aromatic rings. The Labute approximate surface area is 158 Å². The number of aliphatic hydroxyl groups is 1. The van der Waals surface area contributed by atoms with Gasteiger partial charge in [0.25, 0.3) is 0 Å². The van der Waals surface area contributed by atoms with Gasteiger partial charge in [-0.25, -0.2) is 0 Å². The van der Waals surface area contributed by atoms with Gasteiger partial charge in [0.1, 0.15) is 5.76 Å². The largest absolute Gasteiger partial charge is 0.497 e. The highest BCUT2D eigenvalue weighted by atomic mass is 16.5. The van der Waals surface area contributed by atoms with Crippen molar-refractivity contribution < 1.29 is 19.4 Å². The minimum absolute atomic E-state index is 0.0550. The van der Waals surface area contributed by atoms with E-state index in [0.717, 1.165) is 32.5 Å². The van der Waals surface area contributed by atoms with Crippen LogP contribution in [0.2, 0.25) is 0 Å². The first-order valence-electron chi connectivity index (χ1n) is 9.44. The fourth-order valence-electron chi connectivity index (χ4n) is 2.64. The van der Waals surface area contributed by atoms with Crippen molar-refractivity contribution >= 4 is 5.91 Å². The second-order valence-electron chi connectivity index (χ2n) is 8.03. The SMILES string of the molecule is C=C(C=C(OCCC)C(C)(C)CO)NC(=O)C(C)(C)NC1CCOCC1. The van der Waals surface area contributed by atoms with E-state index in [-0.39, 0.29) is 18.6 Å². The highest BCUT2D eigenvalue weighted by molar-refractivity contribution is 5.87. The number of nitrogens with one attached hydrogen (secondary N) is 2. The van der Waals surface area contributed by atoms with Crippen LogP contribution < -0.4 is 10.6 Å². The number of ether oxygens (including phenoxy) is 2. The molecule has 1 amide bonds. The molecule has 6 nitrogen and oxygen atoms in total. The first kappa shape index (κ1) is 22.7. The molecular formula is C20H36N2O4. The summed E-state index contributed by atoms with van der Waals surface area (Å²) in [6.07, 6.45) is 4.36. The smallest absolute Gasteiger partial charge is 0.244 e. The maximum atomic E-state index is 12.7. The molecule has 0 aromatic heterocycles. The van der Waals surface area contributed by atoms with Gasteiger partial charge < -0.3 is 25.2 Å². The number of hydrogen-bond acceptors (Lipinski definition) is 5. The van der Waals surface area contributed by atoms with E-state index in [2.05, 4.69) is 17.2 Å². The van der Waals surface area contributed by atoms with Crippen LogP contribution in [0.4, 0.5) is 0 Å². The van der Waals surface area contributed by atoms with Crippen LogP contribution in [-0.2, 0) is 14.3 Å². The minimum atomic E-state index is -0.726. The average Bonchev–Trinajstić information content (AvgIpc) is 2.58. The van der Waals surface area contributed by atoms with Gasteiger partial charge in [0.2, 0.25) is 5.91 Å². The second-order valence-corrected chi connectivity index (χ2v) is 8.03. The van der Waals surface area contributed by atoms with Crippen molar-refractivity contribution in [2.75, 3.05) is 26.4 Å². The molecule has 0 spiro atoms. The summed E-state index contributed by atoms with van der Waals surface area (Å²) in [5, 5.41) is 15.9. The number of carbonyl (C=O) groups is 1. The number of amides is 1. The molecule has 6 heteroatoms. The van der Waals surface area contributed by atoms with Crippen LogP contribution in [0.3, 0.4) is 0 Å². The molecule has 1 fully saturated rings. The summed E-state index contributed by atoms with van der Waals surface area (Å²) in [5.74, 6) is 0.462. The summed E-state index contributed by atoms with van der Waals surface area (Å²) in [7, 11) is 0. The van der Waals surface area contributed by atoms with Crippen molar-refractivity contribution in [1.82, 2.24) is 10.6 Å². The van der Waals surface area contributed by atoms with Crippen LogP contribution in [0.25, 0.3) is 0 Å². The van der Waals surface area contributed by atoms with Gasteiger partial charge in [-0.05, 0) is 39.2 Å². The van der Waals surface area contributed by atoms with Crippen molar-refractivity contribution in [3.63, 3.8) is 0 Å². The number of allylic oxidation sites excluding steroid dienone is 1. The van der Waals surface area contributed by atoms with Gasteiger partial charge in [0.15, 0.2) is 0 Å². The van der Waals surface area contributed by atoms with E-state index in [1.54, 1.807) is 6.08 Å². The van der Waals surface area contributed by atoms with E-state index in [9.17, 15) is 9.90 Å². The van der Waals surface area contributed by atoms with Crippen LogP contribution in [0.5, 0.6) is 0 Å². The summed E-state index contributed by atoms with van der Waals surface area (Å²) >= 11 is 0. The highest BCUT2D eigenvalue weighted by Gasteiger charge is 2.31. The molecule has 1 aliphatic heterocycles. The molecule has 0 atom stereocenters. The molecule has 0 aliphatic carbocycles. The molecule has 0 aromatic carbocycles. The van der Waals surface area contributed by atoms with Crippen molar-refractivity contribution in [2.24, 2.45) is 5.41 Å². The maximum absolute atomic E-state index is 12.7. The molecule has 1 saturated heterocycles. The Morgan fingerprint density at radius 1 is 1.31 bits per heavy atom. The normalized spacial score (nSPS) is 17.1. The number of hydrogen-bond donors (Lipinski definition) is 3. The lowest BCUT2D eigenvalue weighted by Crippen LogP contribution is -2.56. The van der Waals surface area contributed by atoms with Gasteiger partial charge >= 0.3 is 0 Å². The number of rotatable bonds is 10. The molecule has 1 aliphatic rings. The van der Waals surface area contributed by atoms with Crippen molar-refractivity contribution in [3.8, 4) is 0 Å². The lowest BCUT2D eigenvalue weighted by Gasteiger charge is -2.33. The van der Waals surface area contributed by atoms with Crippen LogP contribution in [0.1, 0.15) is 53.9 Å². The van der Waals surface area contributed by atoms with Crippen molar-refractivity contribution in [2.45, 2.75) is 65.5 Å². The van der Waals surface area contributed by atoms with E-state index in [1.165, 1.54) is 0 Å². The first-order valence-corrected chi connectivity index (χ1v) is 9.44. The second kappa shape index (κ2) is 10.1.